The van der Waals surface area contributed by atoms with E-state index in [-0.39, 0.29) is 0 Å². The molecule has 0 aliphatic rings. The van der Waals surface area contributed by atoms with Gasteiger partial charge in [0.15, 0.2) is 0 Å². The molecule has 5 heteroatoms. The zero-order valence-electron chi connectivity index (χ0n) is 12.1. The molecule has 1 atom stereocenters. The molecule has 0 saturated carbocycles. The lowest BCUT2D eigenvalue weighted by molar-refractivity contribution is 0.435. The first-order valence-corrected chi connectivity index (χ1v) is 6.66. The summed E-state index contributed by atoms with van der Waals surface area (Å²) in [6, 6.07) is 0. The van der Waals surface area contributed by atoms with Crippen LogP contribution in [0.4, 0.5) is 0 Å². The fraction of sp³-hybridized carbons (Fsp3) is 0.571. The van der Waals surface area contributed by atoms with Crippen molar-refractivity contribution in [2.45, 2.75) is 40.2 Å². The first-order chi connectivity index (χ1) is 9.02. The van der Waals surface area contributed by atoms with Crippen molar-refractivity contribution in [1.29, 1.82) is 0 Å². The summed E-state index contributed by atoms with van der Waals surface area (Å²) < 4.78 is 7.70. The third-order valence-corrected chi connectivity index (χ3v) is 3.56. The molecule has 1 unspecified atom stereocenters. The average Bonchev–Trinajstić information content (AvgIpc) is 2.89. The smallest absolute Gasteiger partial charge is 0.214 e. The van der Waals surface area contributed by atoms with E-state index in [0.717, 1.165) is 17.1 Å². The molecule has 0 saturated heterocycles. The lowest BCUT2D eigenvalue weighted by atomic mass is 9.93. The molecule has 104 valence electrons. The molecule has 5 nitrogen and oxygen atoms in total. The molecule has 19 heavy (non-hydrogen) atoms. The molecule has 0 aliphatic heterocycles. The van der Waals surface area contributed by atoms with Gasteiger partial charge < -0.3 is 14.7 Å². The summed E-state index contributed by atoms with van der Waals surface area (Å²) in [5, 5.41) is 0. The first kappa shape index (κ1) is 13.8. The summed E-state index contributed by atoms with van der Waals surface area (Å²) in [5.74, 6) is 2.37. The van der Waals surface area contributed by atoms with Gasteiger partial charge in [0.25, 0.3) is 0 Å². The Morgan fingerprint density at radius 3 is 2.63 bits per heavy atom. The van der Waals surface area contributed by atoms with Crippen molar-refractivity contribution >= 4 is 0 Å². The summed E-state index contributed by atoms with van der Waals surface area (Å²) >= 11 is 0. The van der Waals surface area contributed by atoms with Gasteiger partial charge in [0.05, 0.1) is 12.0 Å². The Balaban J connectivity index is 2.24. The fourth-order valence-corrected chi connectivity index (χ4v) is 2.26. The van der Waals surface area contributed by atoms with Crippen molar-refractivity contribution in [2.75, 3.05) is 6.54 Å². The van der Waals surface area contributed by atoms with Crippen LogP contribution in [-0.2, 0) is 6.54 Å². The molecule has 0 fully saturated rings. The van der Waals surface area contributed by atoms with Crippen molar-refractivity contribution in [1.82, 2.24) is 14.5 Å². The number of hydrogen-bond acceptors (Lipinski definition) is 4. The van der Waals surface area contributed by atoms with E-state index >= 15 is 0 Å². The molecule has 0 radical (unpaired) electrons. The summed E-state index contributed by atoms with van der Waals surface area (Å²) in [6.07, 6.45) is 3.70. The van der Waals surface area contributed by atoms with Crippen LogP contribution < -0.4 is 5.73 Å². The van der Waals surface area contributed by atoms with Gasteiger partial charge in [0.2, 0.25) is 5.89 Å². The van der Waals surface area contributed by atoms with Gasteiger partial charge in [0.1, 0.15) is 12.3 Å². The Labute approximate surface area is 113 Å². The van der Waals surface area contributed by atoms with Crippen molar-refractivity contribution < 1.29 is 4.42 Å². The predicted molar refractivity (Wildman–Crippen MR) is 73.9 cm³/mol. The normalized spacial score (nSPS) is 13.2. The fourth-order valence-electron chi connectivity index (χ4n) is 2.26. The Morgan fingerprint density at radius 2 is 2.11 bits per heavy atom. The highest BCUT2D eigenvalue weighted by atomic mass is 16.4. The lowest BCUT2D eigenvalue weighted by Crippen LogP contribution is -2.21. The molecular weight excluding hydrogens is 240 g/mol. The second-order valence-electron chi connectivity index (χ2n) is 5.28. The molecule has 0 bridgehead atoms. The number of rotatable bonds is 5. The molecule has 0 aliphatic carbocycles. The first-order valence-electron chi connectivity index (χ1n) is 6.66. The molecule has 2 heterocycles. The molecular formula is C14H22N4O. The predicted octanol–water partition coefficient (Wildman–Crippen LogP) is 2.23. The van der Waals surface area contributed by atoms with Gasteiger partial charge in [-0.3, -0.25) is 0 Å². The molecule has 0 aromatic carbocycles. The second-order valence-corrected chi connectivity index (χ2v) is 5.28. The number of imidazole rings is 1. The van der Waals surface area contributed by atoms with E-state index in [0.29, 0.717) is 30.8 Å². The van der Waals surface area contributed by atoms with Crippen molar-refractivity contribution in [3.05, 3.63) is 35.6 Å². The summed E-state index contributed by atoms with van der Waals surface area (Å²) in [5.41, 5.74) is 7.96. The molecule has 2 aromatic rings. The monoisotopic (exact) mass is 262 g/mol. The van der Waals surface area contributed by atoms with E-state index in [9.17, 15) is 0 Å². The van der Waals surface area contributed by atoms with Gasteiger partial charge in [-0.1, -0.05) is 13.8 Å². The van der Waals surface area contributed by atoms with Crippen molar-refractivity contribution in [3.63, 3.8) is 0 Å². The number of aryl methyl sites for hydroxylation is 2. The zero-order valence-corrected chi connectivity index (χ0v) is 12.1. The highest BCUT2D eigenvalue weighted by molar-refractivity contribution is 5.11. The highest BCUT2D eigenvalue weighted by Crippen LogP contribution is 2.23. The number of nitrogens with two attached hydrogens (primary N) is 1. The molecule has 2 aromatic heterocycles. The van der Waals surface area contributed by atoms with Crippen LogP contribution in [0.3, 0.4) is 0 Å². The SMILES string of the molecule is Cc1nc(Cn2cncc2C(CN)C(C)C)oc1C. The quantitative estimate of drug-likeness (QED) is 0.897. The van der Waals surface area contributed by atoms with Crippen LogP contribution in [-0.4, -0.2) is 21.1 Å². The van der Waals surface area contributed by atoms with Crippen LogP contribution in [0.15, 0.2) is 16.9 Å². The van der Waals surface area contributed by atoms with E-state index in [4.69, 9.17) is 10.2 Å². The van der Waals surface area contributed by atoms with Gasteiger partial charge in [0, 0.05) is 24.4 Å². The Hall–Kier alpha value is -1.62. The van der Waals surface area contributed by atoms with Crippen LogP contribution in [0.2, 0.25) is 0 Å². The number of nitrogens with zero attached hydrogens (tertiary/aromatic N) is 3. The van der Waals surface area contributed by atoms with Crippen LogP contribution in [0, 0.1) is 19.8 Å². The third-order valence-electron chi connectivity index (χ3n) is 3.56. The van der Waals surface area contributed by atoms with E-state index in [1.807, 2.05) is 26.4 Å². The minimum absolute atomic E-state index is 0.305. The van der Waals surface area contributed by atoms with Gasteiger partial charge in [-0.25, -0.2) is 9.97 Å². The third kappa shape index (κ3) is 2.87. The minimum atomic E-state index is 0.305. The minimum Gasteiger partial charge on any atom is -0.444 e. The Bertz CT molecular complexity index is 522. The van der Waals surface area contributed by atoms with Gasteiger partial charge in [-0.2, -0.15) is 0 Å². The maximum absolute atomic E-state index is 5.88. The van der Waals surface area contributed by atoms with Crippen molar-refractivity contribution in [3.8, 4) is 0 Å². The lowest BCUT2D eigenvalue weighted by Gasteiger charge is -2.20. The molecule has 0 amide bonds. The van der Waals surface area contributed by atoms with Crippen LogP contribution in [0.25, 0.3) is 0 Å². The average molecular weight is 262 g/mol. The van der Waals surface area contributed by atoms with E-state index in [1.165, 1.54) is 0 Å². The van der Waals surface area contributed by atoms with Gasteiger partial charge in [-0.05, 0) is 19.8 Å². The maximum atomic E-state index is 5.88. The van der Waals surface area contributed by atoms with Gasteiger partial charge in [-0.15, -0.1) is 0 Å². The largest absolute Gasteiger partial charge is 0.444 e. The second kappa shape index (κ2) is 5.57. The number of hydrogen-bond donors (Lipinski definition) is 1. The summed E-state index contributed by atoms with van der Waals surface area (Å²) in [6.45, 7) is 9.45. The summed E-state index contributed by atoms with van der Waals surface area (Å²) in [7, 11) is 0. The zero-order chi connectivity index (χ0) is 14.0. The van der Waals surface area contributed by atoms with Crippen LogP contribution in [0.5, 0.6) is 0 Å². The molecule has 2 rings (SSSR count). The Kier molecular flexibility index (Phi) is 4.04. The highest BCUT2D eigenvalue weighted by Gasteiger charge is 2.19. The number of oxazole rings is 1. The van der Waals surface area contributed by atoms with E-state index in [2.05, 4.69) is 28.4 Å². The summed E-state index contributed by atoms with van der Waals surface area (Å²) in [4.78, 5) is 8.65. The van der Waals surface area contributed by atoms with E-state index < -0.39 is 0 Å². The van der Waals surface area contributed by atoms with Gasteiger partial charge >= 0.3 is 0 Å². The topological polar surface area (TPSA) is 69.9 Å². The van der Waals surface area contributed by atoms with Crippen molar-refractivity contribution in [2.24, 2.45) is 11.7 Å². The van der Waals surface area contributed by atoms with Crippen LogP contribution in [0.1, 0.15) is 42.8 Å². The number of aromatic nitrogens is 3. The standard InChI is InChI=1S/C14H22N4O/c1-9(2)12(5-15)13-6-16-8-18(13)7-14-17-10(3)11(4)19-14/h6,8-9,12H,5,7,15H2,1-4H3. The van der Waals surface area contributed by atoms with Crippen LogP contribution >= 0.6 is 0 Å². The maximum Gasteiger partial charge on any atom is 0.214 e. The Morgan fingerprint density at radius 1 is 1.37 bits per heavy atom. The molecule has 0 spiro atoms. The molecule has 2 N–H and O–H groups in total. The van der Waals surface area contributed by atoms with E-state index in [1.54, 1.807) is 0 Å².